The summed E-state index contributed by atoms with van der Waals surface area (Å²) in [5, 5.41) is 14.8. The summed E-state index contributed by atoms with van der Waals surface area (Å²) in [5.74, 6) is -2.49. The van der Waals surface area contributed by atoms with Crippen molar-refractivity contribution in [3.8, 4) is 0 Å². The molecule has 3 aromatic rings. The molecule has 2 atom stereocenters. The third-order valence-electron chi connectivity index (χ3n) is 5.29. The van der Waals surface area contributed by atoms with Gasteiger partial charge in [-0.25, -0.2) is 13.6 Å². The molecule has 3 aromatic carbocycles. The average molecular weight is 396 g/mol. The number of fused-ring (bicyclic) bond motifs is 1. The molecule has 2 N–H and O–H groups in total. The van der Waals surface area contributed by atoms with E-state index in [1.165, 1.54) is 6.07 Å². The van der Waals surface area contributed by atoms with Gasteiger partial charge in [-0.3, -0.25) is 9.69 Å². The molecule has 2 unspecified atom stereocenters. The van der Waals surface area contributed by atoms with Gasteiger partial charge in [-0.05, 0) is 41.5 Å². The molecular formula is C22H18F2N2O3. The van der Waals surface area contributed by atoms with Crippen molar-refractivity contribution in [1.82, 2.24) is 10.2 Å². The van der Waals surface area contributed by atoms with E-state index in [0.29, 0.717) is 5.56 Å². The predicted molar refractivity (Wildman–Crippen MR) is 103 cm³/mol. The number of imide groups is 1. The molecule has 0 bridgehead atoms. The summed E-state index contributed by atoms with van der Waals surface area (Å²) < 4.78 is 27.9. The standard InChI is InChI=1S/C22H18F2N2O3/c1-22(15-10-9-13-5-2-3-6-14(13)11-15)20(28)26(21(29)25-22)12-18(27)19-16(23)7-4-8-17(19)24/h2-11,18,27H,12H2,1H3,(H,25,29). The summed E-state index contributed by atoms with van der Waals surface area (Å²) in [6.45, 7) is 0.999. The fraction of sp³-hybridized carbons (Fsp3) is 0.182. The lowest BCUT2D eigenvalue weighted by molar-refractivity contribution is -0.132. The van der Waals surface area contributed by atoms with Crippen molar-refractivity contribution >= 4 is 22.7 Å². The number of carbonyl (C=O) groups is 2. The van der Waals surface area contributed by atoms with Gasteiger partial charge in [0.25, 0.3) is 5.91 Å². The zero-order valence-electron chi connectivity index (χ0n) is 15.5. The number of urea groups is 1. The Hall–Kier alpha value is -3.32. The van der Waals surface area contributed by atoms with Gasteiger partial charge in [-0.2, -0.15) is 0 Å². The zero-order chi connectivity index (χ0) is 20.8. The third-order valence-corrected chi connectivity index (χ3v) is 5.29. The van der Waals surface area contributed by atoms with Crippen molar-refractivity contribution in [2.75, 3.05) is 6.54 Å². The van der Waals surface area contributed by atoms with Crippen LogP contribution in [0.15, 0.2) is 60.7 Å². The SMILES string of the molecule is CC1(c2ccc3ccccc3c2)NC(=O)N(CC(O)c2c(F)cccc2F)C1=O. The normalized spacial score (nSPS) is 20.2. The maximum atomic E-state index is 13.9. The summed E-state index contributed by atoms with van der Waals surface area (Å²) in [4.78, 5) is 26.3. The molecule has 0 radical (unpaired) electrons. The van der Waals surface area contributed by atoms with Crippen LogP contribution in [0.3, 0.4) is 0 Å². The monoisotopic (exact) mass is 396 g/mol. The van der Waals surface area contributed by atoms with Gasteiger partial charge in [0.15, 0.2) is 0 Å². The van der Waals surface area contributed by atoms with Gasteiger partial charge in [0, 0.05) is 0 Å². The number of aliphatic hydroxyl groups excluding tert-OH is 1. The summed E-state index contributed by atoms with van der Waals surface area (Å²) in [5.41, 5.74) is -1.36. The van der Waals surface area contributed by atoms with Crippen LogP contribution in [0.2, 0.25) is 0 Å². The molecule has 0 aliphatic carbocycles. The number of aliphatic hydroxyl groups is 1. The van der Waals surface area contributed by atoms with Gasteiger partial charge in [0.2, 0.25) is 0 Å². The number of β-amino-alcohol motifs (C(OH)–C–C–N with tert-alkyl or cyclic N) is 1. The molecule has 0 aromatic heterocycles. The highest BCUT2D eigenvalue weighted by Crippen LogP contribution is 2.32. The second-order valence-corrected chi connectivity index (χ2v) is 7.18. The van der Waals surface area contributed by atoms with Crippen LogP contribution in [0.4, 0.5) is 13.6 Å². The fourth-order valence-electron chi connectivity index (χ4n) is 3.65. The summed E-state index contributed by atoms with van der Waals surface area (Å²) in [6, 6.07) is 15.5. The van der Waals surface area contributed by atoms with Gasteiger partial charge >= 0.3 is 6.03 Å². The molecule has 0 saturated carbocycles. The number of rotatable bonds is 4. The first-order valence-electron chi connectivity index (χ1n) is 9.06. The second kappa shape index (κ2) is 6.93. The molecule has 1 saturated heterocycles. The van der Waals surface area contributed by atoms with Crippen molar-refractivity contribution < 1.29 is 23.5 Å². The Morgan fingerprint density at radius 3 is 2.34 bits per heavy atom. The molecule has 29 heavy (non-hydrogen) atoms. The molecule has 5 nitrogen and oxygen atoms in total. The topological polar surface area (TPSA) is 69.6 Å². The van der Waals surface area contributed by atoms with Crippen LogP contribution in [0.5, 0.6) is 0 Å². The van der Waals surface area contributed by atoms with E-state index in [1.54, 1.807) is 13.0 Å². The van der Waals surface area contributed by atoms with E-state index in [1.807, 2.05) is 36.4 Å². The van der Waals surface area contributed by atoms with Crippen molar-refractivity contribution in [3.63, 3.8) is 0 Å². The van der Waals surface area contributed by atoms with Crippen LogP contribution in [0, 0.1) is 11.6 Å². The van der Waals surface area contributed by atoms with Gasteiger partial charge < -0.3 is 10.4 Å². The van der Waals surface area contributed by atoms with Crippen molar-refractivity contribution in [3.05, 3.63) is 83.4 Å². The minimum Gasteiger partial charge on any atom is -0.386 e. The lowest BCUT2D eigenvalue weighted by atomic mass is 9.90. The van der Waals surface area contributed by atoms with Gasteiger partial charge in [0.1, 0.15) is 23.3 Å². The van der Waals surface area contributed by atoms with E-state index in [0.717, 1.165) is 27.8 Å². The highest BCUT2D eigenvalue weighted by atomic mass is 19.1. The number of hydrogen-bond acceptors (Lipinski definition) is 3. The number of hydrogen-bond donors (Lipinski definition) is 2. The molecule has 7 heteroatoms. The maximum absolute atomic E-state index is 13.9. The minimum atomic E-state index is -1.69. The number of nitrogens with one attached hydrogen (secondary N) is 1. The average Bonchev–Trinajstić information content (AvgIpc) is 2.91. The molecule has 3 amide bonds. The molecule has 148 valence electrons. The largest absolute Gasteiger partial charge is 0.386 e. The lowest BCUT2D eigenvalue weighted by Gasteiger charge is -2.23. The summed E-state index contributed by atoms with van der Waals surface area (Å²) in [6.07, 6.45) is -1.69. The Morgan fingerprint density at radius 2 is 1.66 bits per heavy atom. The predicted octanol–water partition coefficient (Wildman–Crippen LogP) is 3.62. The number of halogens is 2. The first-order valence-corrected chi connectivity index (χ1v) is 9.06. The van der Waals surface area contributed by atoms with E-state index >= 15 is 0 Å². The minimum absolute atomic E-state index is 0.564. The van der Waals surface area contributed by atoms with Crippen LogP contribution in [-0.4, -0.2) is 28.5 Å². The van der Waals surface area contributed by atoms with Gasteiger partial charge in [-0.15, -0.1) is 0 Å². The van der Waals surface area contributed by atoms with E-state index in [9.17, 15) is 23.5 Å². The smallest absolute Gasteiger partial charge is 0.325 e. The van der Waals surface area contributed by atoms with Crippen molar-refractivity contribution in [1.29, 1.82) is 0 Å². The van der Waals surface area contributed by atoms with Gasteiger partial charge in [-0.1, -0.05) is 42.5 Å². The third kappa shape index (κ3) is 3.13. The molecular weight excluding hydrogens is 378 g/mol. The highest BCUT2D eigenvalue weighted by molar-refractivity contribution is 6.07. The van der Waals surface area contributed by atoms with Crippen LogP contribution in [0.1, 0.15) is 24.2 Å². The number of nitrogens with zero attached hydrogens (tertiary/aromatic N) is 1. The molecule has 4 rings (SSSR count). The molecule has 1 aliphatic heterocycles. The van der Waals surface area contributed by atoms with Crippen LogP contribution in [0.25, 0.3) is 10.8 Å². The number of benzene rings is 3. The molecule has 1 heterocycles. The van der Waals surface area contributed by atoms with Crippen LogP contribution < -0.4 is 5.32 Å². The number of carbonyl (C=O) groups excluding carboxylic acids is 2. The van der Waals surface area contributed by atoms with E-state index in [4.69, 9.17) is 0 Å². The Bertz CT molecular complexity index is 1110. The van der Waals surface area contributed by atoms with Crippen LogP contribution in [-0.2, 0) is 10.3 Å². The van der Waals surface area contributed by atoms with Crippen molar-refractivity contribution in [2.45, 2.75) is 18.6 Å². The quantitative estimate of drug-likeness (QED) is 0.662. The van der Waals surface area contributed by atoms with Gasteiger partial charge in [0.05, 0.1) is 12.1 Å². The second-order valence-electron chi connectivity index (χ2n) is 7.18. The maximum Gasteiger partial charge on any atom is 0.325 e. The molecule has 1 fully saturated rings. The van der Waals surface area contributed by atoms with Crippen molar-refractivity contribution in [2.24, 2.45) is 0 Å². The first kappa shape index (κ1) is 19.0. The fourth-order valence-corrected chi connectivity index (χ4v) is 3.65. The summed E-state index contributed by atoms with van der Waals surface area (Å²) in [7, 11) is 0. The Labute approximate surface area is 165 Å². The number of amides is 3. The Kier molecular flexibility index (Phi) is 4.55. The summed E-state index contributed by atoms with van der Waals surface area (Å²) >= 11 is 0. The van der Waals surface area contributed by atoms with E-state index in [-0.39, 0.29) is 0 Å². The molecule has 1 aliphatic rings. The molecule has 0 spiro atoms. The zero-order valence-corrected chi connectivity index (χ0v) is 15.5. The highest BCUT2D eigenvalue weighted by Gasteiger charge is 2.49. The lowest BCUT2D eigenvalue weighted by Crippen LogP contribution is -2.41. The van der Waals surface area contributed by atoms with E-state index in [2.05, 4.69) is 5.32 Å². The first-order chi connectivity index (χ1) is 13.8. The van der Waals surface area contributed by atoms with E-state index < -0.39 is 47.3 Å². The Balaban J connectivity index is 1.64. The van der Waals surface area contributed by atoms with Crippen LogP contribution >= 0.6 is 0 Å². The Morgan fingerprint density at radius 1 is 1.00 bits per heavy atom.